The van der Waals surface area contributed by atoms with Gasteiger partial charge in [-0.1, -0.05) is 35.9 Å². The monoisotopic (exact) mass is 245 g/mol. The lowest BCUT2D eigenvalue weighted by atomic mass is 10.1. The first-order chi connectivity index (χ1) is 8.33. The number of nitriles is 1. The highest BCUT2D eigenvalue weighted by atomic mass is 35.5. The largest absolute Gasteiger partial charge is 0.493 e. The van der Waals surface area contributed by atoms with Gasteiger partial charge < -0.3 is 4.74 Å². The van der Waals surface area contributed by atoms with Crippen molar-refractivity contribution in [3.8, 4) is 11.8 Å². The summed E-state index contributed by atoms with van der Waals surface area (Å²) in [5.41, 5.74) is 0. The fraction of sp³-hybridized carbons (Fsp3) is 0.214. The first kappa shape index (κ1) is 11.8. The number of fused-ring (bicyclic) bond motifs is 1. The molecule has 0 N–H and O–H groups in total. The number of hydrogen-bond acceptors (Lipinski definition) is 2. The molecule has 2 aromatic carbocycles. The summed E-state index contributed by atoms with van der Waals surface area (Å²) >= 11 is 6.11. The van der Waals surface area contributed by atoms with Gasteiger partial charge >= 0.3 is 0 Å². The fourth-order valence-electron chi connectivity index (χ4n) is 1.69. The number of hydrogen-bond donors (Lipinski definition) is 0. The lowest BCUT2D eigenvalue weighted by molar-refractivity contribution is 0.316. The van der Waals surface area contributed by atoms with E-state index in [9.17, 15) is 0 Å². The van der Waals surface area contributed by atoms with Gasteiger partial charge in [-0.15, -0.1) is 0 Å². The first-order valence-electron chi connectivity index (χ1n) is 5.50. The van der Waals surface area contributed by atoms with Crippen LogP contribution in [0, 0.1) is 11.3 Å². The third-order valence-electron chi connectivity index (χ3n) is 2.52. The van der Waals surface area contributed by atoms with Crippen LogP contribution in [0.15, 0.2) is 36.4 Å². The first-order valence-corrected chi connectivity index (χ1v) is 5.87. The predicted octanol–water partition coefficient (Wildman–Crippen LogP) is 4.18. The van der Waals surface area contributed by atoms with E-state index in [0.29, 0.717) is 13.0 Å². The second-order valence-corrected chi connectivity index (χ2v) is 4.11. The van der Waals surface area contributed by atoms with Crippen molar-refractivity contribution in [1.29, 1.82) is 5.26 Å². The van der Waals surface area contributed by atoms with Crippen LogP contribution >= 0.6 is 11.6 Å². The molecule has 0 aromatic heterocycles. The zero-order chi connectivity index (χ0) is 12.1. The minimum absolute atomic E-state index is 0.519. The Morgan fingerprint density at radius 3 is 2.65 bits per heavy atom. The molecule has 0 amide bonds. The summed E-state index contributed by atoms with van der Waals surface area (Å²) in [6.45, 7) is 0.555. The van der Waals surface area contributed by atoms with Gasteiger partial charge in [0.2, 0.25) is 0 Å². The van der Waals surface area contributed by atoms with Gasteiger partial charge in [-0.05, 0) is 18.6 Å². The highest BCUT2D eigenvalue weighted by molar-refractivity contribution is 6.35. The van der Waals surface area contributed by atoms with E-state index in [1.54, 1.807) is 0 Å². The molecule has 2 rings (SSSR count). The van der Waals surface area contributed by atoms with Crippen molar-refractivity contribution >= 4 is 22.4 Å². The summed E-state index contributed by atoms with van der Waals surface area (Å²) in [6, 6.07) is 13.7. The average molecular weight is 246 g/mol. The maximum absolute atomic E-state index is 8.45. The lowest BCUT2D eigenvalue weighted by Gasteiger charge is -2.09. The second-order valence-electron chi connectivity index (χ2n) is 3.70. The van der Waals surface area contributed by atoms with Gasteiger partial charge in [0.05, 0.1) is 12.7 Å². The molecule has 0 atom stereocenters. The Balaban J connectivity index is 2.23. The number of rotatable bonds is 4. The molecule has 0 radical (unpaired) electrons. The van der Waals surface area contributed by atoms with Crippen LogP contribution < -0.4 is 4.74 Å². The van der Waals surface area contributed by atoms with E-state index in [2.05, 4.69) is 6.07 Å². The topological polar surface area (TPSA) is 33.0 Å². The Morgan fingerprint density at radius 2 is 1.88 bits per heavy atom. The van der Waals surface area contributed by atoms with Crippen LogP contribution in [0.3, 0.4) is 0 Å². The quantitative estimate of drug-likeness (QED) is 0.757. The van der Waals surface area contributed by atoms with Gasteiger partial charge in [-0.2, -0.15) is 5.26 Å². The molecule has 0 aliphatic heterocycles. The van der Waals surface area contributed by atoms with E-state index in [1.807, 2.05) is 36.4 Å². The average Bonchev–Trinajstić information content (AvgIpc) is 2.37. The number of halogens is 1. The molecule has 0 fully saturated rings. The molecular weight excluding hydrogens is 234 g/mol. The van der Waals surface area contributed by atoms with Crippen LogP contribution in [0.4, 0.5) is 0 Å². The van der Waals surface area contributed by atoms with Crippen LogP contribution in [0.2, 0.25) is 5.02 Å². The van der Waals surface area contributed by atoms with Crippen LogP contribution in [0.1, 0.15) is 12.8 Å². The van der Waals surface area contributed by atoms with Gasteiger partial charge in [0, 0.05) is 22.2 Å². The number of unbranched alkanes of at least 4 members (excludes halogenated alkanes) is 1. The Hall–Kier alpha value is -1.72. The maximum Gasteiger partial charge on any atom is 0.127 e. The SMILES string of the molecule is N#CCCCOc1ccc(Cl)c2ccccc12. The Kier molecular flexibility index (Phi) is 3.85. The fourth-order valence-corrected chi connectivity index (χ4v) is 1.92. The number of nitrogens with zero attached hydrogens (tertiary/aromatic N) is 1. The predicted molar refractivity (Wildman–Crippen MR) is 69.3 cm³/mol. The van der Waals surface area contributed by atoms with E-state index >= 15 is 0 Å². The molecule has 0 aliphatic carbocycles. The number of benzene rings is 2. The summed E-state index contributed by atoms with van der Waals surface area (Å²) in [6.07, 6.45) is 1.26. The minimum Gasteiger partial charge on any atom is -0.493 e. The molecule has 3 heteroatoms. The van der Waals surface area contributed by atoms with Gasteiger partial charge in [0.15, 0.2) is 0 Å². The molecule has 17 heavy (non-hydrogen) atoms. The Bertz CT molecular complexity index is 560. The Labute approximate surface area is 105 Å². The van der Waals surface area contributed by atoms with Crippen molar-refractivity contribution in [1.82, 2.24) is 0 Å². The normalized spacial score (nSPS) is 10.1. The summed E-state index contributed by atoms with van der Waals surface area (Å²) in [5, 5.41) is 11.2. The van der Waals surface area contributed by atoms with Crippen molar-refractivity contribution in [2.45, 2.75) is 12.8 Å². The van der Waals surface area contributed by atoms with E-state index in [-0.39, 0.29) is 0 Å². The van der Waals surface area contributed by atoms with Gasteiger partial charge in [0.25, 0.3) is 0 Å². The minimum atomic E-state index is 0.519. The van der Waals surface area contributed by atoms with Crippen LogP contribution in [0.5, 0.6) is 5.75 Å². The van der Waals surface area contributed by atoms with Crippen molar-refractivity contribution in [3.05, 3.63) is 41.4 Å². The molecule has 86 valence electrons. The van der Waals surface area contributed by atoms with Gasteiger partial charge in [-0.3, -0.25) is 0 Å². The Morgan fingerprint density at radius 1 is 1.12 bits per heavy atom. The molecule has 0 aliphatic rings. The molecule has 0 saturated carbocycles. The lowest BCUT2D eigenvalue weighted by Crippen LogP contribution is -1.97. The van der Waals surface area contributed by atoms with Crippen LogP contribution in [0.25, 0.3) is 10.8 Å². The molecule has 2 aromatic rings. The molecule has 0 bridgehead atoms. The molecular formula is C14H12ClNO. The van der Waals surface area contributed by atoms with E-state index < -0.39 is 0 Å². The molecule has 0 unspecified atom stereocenters. The van der Waals surface area contributed by atoms with Gasteiger partial charge in [0.1, 0.15) is 5.75 Å². The number of ether oxygens (including phenoxy) is 1. The summed E-state index contributed by atoms with van der Waals surface area (Å²) in [4.78, 5) is 0. The van der Waals surface area contributed by atoms with Gasteiger partial charge in [-0.25, -0.2) is 0 Å². The second kappa shape index (κ2) is 5.56. The zero-order valence-corrected chi connectivity index (χ0v) is 10.1. The van der Waals surface area contributed by atoms with Crippen molar-refractivity contribution < 1.29 is 4.74 Å². The van der Waals surface area contributed by atoms with Crippen LogP contribution in [-0.2, 0) is 0 Å². The molecule has 0 heterocycles. The molecule has 2 nitrogen and oxygen atoms in total. The van der Waals surface area contributed by atoms with Crippen molar-refractivity contribution in [3.63, 3.8) is 0 Å². The molecule has 0 spiro atoms. The third-order valence-corrected chi connectivity index (χ3v) is 2.85. The highest BCUT2D eigenvalue weighted by Crippen LogP contribution is 2.31. The van der Waals surface area contributed by atoms with Crippen LogP contribution in [-0.4, -0.2) is 6.61 Å². The van der Waals surface area contributed by atoms with E-state index in [1.165, 1.54) is 0 Å². The molecule has 0 saturated heterocycles. The van der Waals surface area contributed by atoms with E-state index in [0.717, 1.165) is 28.0 Å². The van der Waals surface area contributed by atoms with Crippen molar-refractivity contribution in [2.75, 3.05) is 6.61 Å². The summed E-state index contributed by atoms with van der Waals surface area (Å²) < 4.78 is 5.67. The summed E-state index contributed by atoms with van der Waals surface area (Å²) in [7, 11) is 0. The van der Waals surface area contributed by atoms with E-state index in [4.69, 9.17) is 21.6 Å². The van der Waals surface area contributed by atoms with Crippen molar-refractivity contribution in [2.24, 2.45) is 0 Å². The zero-order valence-electron chi connectivity index (χ0n) is 9.32. The highest BCUT2D eigenvalue weighted by Gasteiger charge is 2.04. The maximum atomic E-state index is 8.45. The third kappa shape index (κ3) is 2.69. The smallest absolute Gasteiger partial charge is 0.127 e. The standard InChI is InChI=1S/C14H12ClNO/c15-13-7-8-14(17-10-4-3-9-16)12-6-2-1-5-11(12)13/h1-2,5-8H,3-4,10H2. The summed E-state index contributed by atoms with van der Waals surface area (Å²) in [5.74, 6) is 0.822.